The molecule has 0 spiro atoms. The van der Waals surface area contributed by atoms with Crippen molar-refractivity contribution in [2.24, 2.45) is 5.92 Å². The van der Waals surface area contributed by atoms with Crippen LogP contribution in [0, 0.1) is 5.92 Å². The molecule has 0 radical (unpaired) electrons. The SMILES string of the molecule is CCC(CO)C1(c2ccc3c(c2)CCO3)COC1. The Morgan fingerprint density at radius 2 is 2.22 bits per heavy atom. The number of hydrogen-bond acceptors (Lipinski definition) is 3. The molecule has 1 atom stereocenters. The van der Waals surface area contributed by atoms with E-state index in [1.807, 2.05) is 0 Å². The molecule has 2 aliphatic heterocycles. The van der Waals surface area contributed by atoms with Gasteiger partial charge in [0.15, 0.2) is 0 Å². The van der Waals surface area contributed by atoms with Crippen LogP contribution in [0.2, 0.25) is 0 Å². The molecule has 0 saturated carbocycles. The first-order valence-electron chi connectivity index (χ1n) is 6.75. The fourth-order valence-corrected chi connectivity index (χ4v) is 3.15. The second-order valence-corrected chi connectivity index (χ2v) is 5.36. The van der Waals surface area contributed by atoms with Crippen molar-refractivity contribution >= 4 is 0 Å². The number of benzene rings is 1. The number of hydrogen-bond donors (Lipinski definition) is 1. The van der Waals surface area contributed by atoms with Crippen LogP contribution < -0.4 is 4.74 Å². The van der Waals surface area contributed by atoms with Crippen LogP contribution in [0.3, 0.4) is 0 Å². The molecule has 2 heterocycles. The number of fused-ring (bicyclic) bond motifs is 1. The van der Waals surface area contributed by atoms with Crippen LogP contribution in [0.5, 0.6) is 5.75 Å². The van der Waals surface area contributed by atoms with Gasteiger partial charge in [0.2, 0.25) is 0 Å². The number of aliphatic hydroxyl groups excluding tert-OH is 1. The molecule has 0 aromatic heterocycles. The van der Waals surface area contributed by atoms with E-state index >= 15 is 0 Å². The molecule has 1 N–H and O–H groups in total. The number of ether oxygens (including phenoxy) is 2. The van der Waals surface area contributed by atoms with Crippen molar-refractivity contribution in [1.29, 1.82) is 0 Å². The average molecular weight is 248 g/mol. The Morgan fingerprint density at radius 1 is 1.39 bits per heavy atom. The molecule has 0 amide bonds. The quantitative estimate of drug-likeness (QED) is 0.884. The summed E-state index contributed by atoms with van der Waals surface area (Å²) >= 11 is 0. The molecule has 1 aromatic rings. The normalized spacial score (nSPS) is 21.9. The molecule has 18 heavy (non-hydrogen) atoms. The largest absolute Gasteiger partial charge is 0.493 e. The number of rotatable bonds is 4. The minimum absolute atomic E-state index is 0.0150. The third kappa shape index (κ3) is 1.65. The fraction of sp³-hybridized carbons (Fsp3) is 0.600. The minimum atomic E-state index is 0.0150. The van der Waals surface area contributed by atoms with Gasteiger partial charge >= 0.3 is 0 Å². The first-order valence-corrected chi connectivity index (χ1v) is 6.75. The first-order chi connectivity index (χ1) is 8.80. The minimum Gasteiger partial charge on any atom is -0.493 e. The average Bonchev–Trinajstić information content (AvgIpc) is 2.80. The van der Waals surface area contributed by atoms with E-state index < -0.39 is 0 Å². The molecular weight excluding hydrogens is 228 g/mol. The Hall–Kier alpha value is -1.06. The van der Waals surface area contributed by atoms with Crippen LogP contribution in [0.1, 0.15) is 24.5 Å². The van der Waals surface area contributed by atoms with Gasteiger partial charge in [0, 0.05) is 18.4 Å². The Bertz CT molecular complexity index is 433. The van der Waals surface area contributed by atoms with Crippen molar-refractivity contribution in [3.63, 3.8) is 0 Å². The summed E-state index contributed by atoms with van der Waals surface area (Å²) in [7, 11) is 0. The van der Waals surface area contributed by atoms with Crippen LogP contribution in [0.4, 0.5) is 0 Å². The van der Waals surface area contributed by atoms with E-state index in [1.165, 1.54) is 11.1 Å². The lowest BCUT2D eigenvalue weighted by Gasteiger charge is -2.47. The van der Waals surface area contributed by atoms with Gasteiger partial charge in [0.1, 0.15) is 5.75 Å². The van der Waals surface area contributed by atoms with Crippen molar-refractivity contribution in [3.05, 3.63) is 29.3 Å². The van der Waals surface area contributed by atoms with E-state index in [9.17, 15) is 5.11 Å². The van der Waals surface area contributed by atoms with Gasteiger partial charge in [0.05, 0.1) is 19.8 Å². The molecular formula is C15H20O3. The third-order valence-electron chi connectivity index (χ3n) is 4.48. The molecule has 1 saturated heterocycles. The summed E-state index contributed by atoms with van der Waals surface area (Å²) in [6, 6.07) is 6.47. The van der Waals surface area contributed by atoms with Gasteiger partial charge in [-0.25, -0.2) is 0 Å². The molecule has 1 aromatic carbocycles. The van der Waals surface area contributed by atoms with Crippen LogP contribution in [-0.2, 0) is 16.6 Å². The molecule has 1 fully saturated rings. The summed E-state index contributed by atoms with van der Waals surface area (Å²) in [5, 5.41) is 9.60. The summed E-state index contributed by atoms with van der Waals surface area (Å²) in [5.74, 6) is 1.30. The van der Waals surface area contributed by atoms with E-state index in [1.54, 1.807) is 0 Å². The van der Waals surface area contributed by atoms with E-state index in [-0.39, 0.29) is 17.9 Å². The van der Waals surface area contributed by atoms with Gasteiger partial charge in [-0.05, 0) is 23.1 Å². The number of aliphatic hydroxyl groups is 1. The summed E-state index contributed by atoms with van der Waals surface area (Å²) in [6.45, 7) is 4.61. The highest BCUT2D eigenvalue weighted by Gasteiger charge is 2.46. The zero-order chi connectivity index (χ0) is 12.6. The molecule has 0 aliphatic carbocycles. The van der Waals surface area contributed by atoms with Gasteiger partial charge in [0.25, 0.3) is 0 Å². The molecule has 3 nitrogen and oxygen atoms in total. The van der Waals surface area contributed by atoms with Gasteiger partial charge < -0.3 is 14.6 Å². The summed E-state index contributed by atoms with van der Waals surface area (Å²) < 4.78 is 11.0. The van der Waals surface area contributed by atoms with E-state index in [2.05, 4.69) is 25.1 Å². The standard InChI is InChI=1S/C15H20O3/c1-2-12(8-16)15(9-17-10-15)13-3-4-14-11(7-13)5-6-18-14/h3-4,7,12,16H,2,5-6,8-10H2,1H3. The Morgan fingerprint density at radius 3 is 2.83 bits per heavy atom. The Labute approximate surface area is 108 Å². The van der Waals surface area contributed by atoms with E-state index in [0.29, 0.717) is 0 Å². The van der Waals surface area contributed by atoms with Gasteiger partial charge in [-0.15, -0.1) is 0 Å². The smallest absolute Gasteiger partial charge is 0.122 e. The topological polar surface area (TPSA) is 38.7 Å². The summed E-state index contributed by atoms with van der Waals surface area (Å²) in [6.07, 6.45) is 1.98. The van der Waals surface area contributed by atoms with Gasteiger partial charge in [-0.1, -0.05) is 25.5 Å². The highest BCUT2D eigenvalue weighted by Crippen LogP contribution is 2.42. The Balaban J connectivity index is 1.96. The molecule has 98 valence electrons. The lowest BCUT2D eigenvalue weighted by Crippen LogP contribution is -2.53. The van der Waals surface area contributed by atoms with Crippen LogP contribution in [0.15, 0.2) is 18.2 Å². The van der Waals surface area contributed by atoms with Crippen LogP contribution >= 0.6 is 0 Å². The second-order valence-electron chi connectivity index (χ2n) is 5.36. The monoisotopic (exact) mass is 248 g/mol. The lowest BCUT2D eigenvalue weighted by atomic mass is 9.67. The van der Waals surface area contributed by atoms with Crippen LogP contribution in [0.25, 0.3) is 0 Å². The van der Waals surface area contributed by atoms with Crippen molar-refractivity contribution in [2.75, 3.05) is 26.4 Å². The molecule has 3 heteroatoms. The lowest BCUT2D eigenvalue weighted by molar-refractivity contribution is -0.101. The maximum atomic E-state index is 9.60. The highest BCUT2D eigenvalue weighted by molar-refractivity contribution is 5.43. The van der Waals surface area contributed by atoms with Crippen molar-refractivity contribution < 1.29 is 14.6 Å². The maximum absolute atomic E-state index is 9.60. The van der Waals surface area contributed by atoms with Crippen molar-refractivity contribution in [3.8, 4) is 5.75 Å². The van der Waals surface area contributed by atoms with E-state index in [0.717, 1.165) is 38.4 Å². The zero-order valence-corrected chi connectivity index (χ0v) is 10.8. The third-order valence-corrected chi connectivity index (χ3v) is 4.48. The summed E-state index contributed by atoms with van der Waals surface area (Å²) in [5.41, 5.74) is 2.62. The molecule has 3 rings (SSSR count). The van der Waals surface area contributed by atoms with Crippen molar-refractivity contribution in [2.45, 2.75) is 25.2 Å². The molecule has 1 unspecified atom stereocenters. The molecule has 2 aliphatic rings. The summed E-state index contributed by atoms with van der Waals surface area (Å²) in [4.78, 5) is 0. The van der Waals surface area contributed by atoms with Gasteiger partial charge in [-0.2, -0.15) is 0 Å². The van der Waals surface area contributed by atoms with Crippen molar-refractivity contribution in [1.82, 2.24) is 0 Å². The second kappa shape index (κ2) is 4.56. The molecule has 0 bridgehead atoms. The zero-order valence-electron chi connectivity index (χ0n) is 10.8. The van der Waals surface area contributed by atoms with Crippen LogP contribution in [-0.4, -0.2) is 31.5 Å². The fourth-order valence-electron chi connectivity index (χ4n) is 3.15. The predicted octanol–water partition coefficient (Wildman–Crippen LogP) is 1.91. The maximum Gasteiger partial charge on any atom is 0.122 e. The first kappa shape index (κ1) is 12.0. The van der Waals surface area contributed by atoms with Gasteiger partial charge in [-0.3, -0.25) is 0 Å². The van der Waals surface area contributed by atoms with E-state index in [4.69, 9.17) is 9.47 Å². The predicted molar refractivity (Wildman–Crippen MR) is 69.0 cm³/mol. The highest BCUT2D eigenvalue weighted by atomic mass is 16.5. The Kier molecular flexibility index (Phi) is 3.04.